The number of aliphatic carboxylic acids is 1. The molecule has 0 bridgehead atoms. The quantitative estimate of drug-likeness (QED) is 0.0235. The molecule has 0 aromatic heterocycles. The molecule has 10 amide bonds. The minimum Gasteiger partial charge on any atom is -0.480 e. The van der Waals surface area contributed by atoms with Crippen molar-refractivity contribution < 1.29 is 63.0 Å². The molecule has 1 heterocycles. The number of aliphatic hydroxyl groups excluding tert-OH is 1. The first-order valence-corrected chi connectivity index (χ1v) is 21.1. The van der Waals surface area contributed by atoms with Crippen LogP contribution >= 0.6 is 12.6 Å². The SMILES string of the molecule is CC(C)C(NC(=O)C(CCCCN)NC(=O)CNC(=O)C(CCC(N)=O)NC(=O)CNC(=O)C(CCC(N)=O)NC(=O)C1CCCN1)C(=O)NC(C(=O)NC(CS)C(=O)O)C(C)O. The minimum absolute atomic E-state index is 0.0295. The van der Waals surface area contributed by atoms with Crippen molar-refractivity contribution in [2.45, 2.75) is 127 Å². The van der Waals surface area contributed by atoms with Gasteiger partial charge in [0, 0.05) is 18.6 Å². The smallest absolute Gasteiger partial charge is 0.327 e. The van der Waals surface area contributed by atoms with Crippen molar-refractivity contribution >= 4 is 77.7 Å². The number of carbonyl (C=O) groups excluding carboxylic acids is 10. The number of primary amides is 2. The fraction of sp³-hybridized carbons (Fsp3) is 0.703. The third-order valence-electron chi connectivity index (χ3n) is 9.57. The zero-order chi connectivity index (χ0) is 47.8. The van der Waals surface area contributed by atoms with Gasteiger partial charge in [-0.3, -0.25) is 47.9 Å². The summed E-state index contributed by atoms with van der Waals surface area (Å²) in [7, 11) is 0. The summed E-state index contributed by atoms with van der Waals surface area (Å²) in [5, 5.41) is 41.5. The lowest BCUT2D eigenvalue weighted by Crippen LogP contribution is -2.61. The molecule has 0 aromatic rings. The zero-order valence-corrected chi connectivity index (χ0v) is 36.6. The number of amides is 10. The van der Waals surface area contributed by atoms with Crippen molar-refractivity contribution in [1.29, 1.82) is 0 Å². The molecule has 1 aliphatic heterocycles. The fourth-order valence-corrected chi connectivity index (χ4v) is 6.26. The van der Waals surface area contributed by atoms with Gasteiger partial charge < -0.3 is 75.3 Å². The van der Waals surface area contributed by atoms with E-state index < -0.39 is 132 Å². The molecule has 26 heteroatoms. The third-order valence-corrected chi connectivity index (χ3v) is 9.94. The Kier molecular flexibility index (Phi) is 25.4. The van der Waals surface area contributed by atoms with E-state index in [1.165, 1.54) is 6.92 Å². The van der Waals surface area contributed by atoms with Crippen molar-refractivity contribution in [3.8, 4) is 0 Å². The van der Waals surface area contributed by atoms with Crippen LogP contribution in [0.3, 0.4) is 0 Å². The number of carbonyl (C=O) groups is 11. The Morgan fingerprint density at radius 3 is 1.57 bits per heavy atom. The topological polar surface area (TPSA) is 415 Å². The van der Waals surface area contributed by atoms with Gasteiger partial charge in [0.05, 0.1) is 25.2 Å². The second kappa shape index (κ2) is 28.9. The maximum Gasteiger partial charge on any atom is 0.327 e. The number of aliphatic hydroxyl groups is 1. The zero-order valence-electron chi connectivity index (χ0n) is 35.7. The number of hydrogen-bond donors (Lipinski definition) is 15. The van der Waals surface area contributed by atoms with Gasteiger partial charge in [-0.1, -0.05) is 13.8 Å². The average molecular weight is 917 g/mol. The Morgan fingerprint density at radius 1 is 0.651 bits per heavy atom. The van der Waals surface area contributed by atoms with Gasteiger partial charge >= 0.3 is 5.97 Å². The highest BCUT2D eigenvalue weighted by Crippen LogP contribution is 2.09. The van der Waals surface area contributed by atoms with Gasteiger partial charge in [-0.2, -0.15) is 12.6 Å². The summed E-state index contributed by atoms with van der Waals surface area (Å²) in [6.45, 7) is 3.75. The van der Waals surface area contributed by atoms with Crippen LogP contribution in [0.25, 0.3) is 0 Å². The molecule has 8 atom stereocenters. The standard InChI is InChI=1S/C37H64N12O13S/c1-18(2)29(35(59)49-30(19(3)50)36(60)47-24(17-63)37(61)62)48-34(58)21(7-4-5-13-38)44-27(53)15-42-31(55)22(9-11-25(39)51)45-28(54)16-43-32(56)23(10-12-26(40)52)46-33(57)20-8-6-14-41-20/h18-24,29-30,41,50,63H,4-17,38H2,1-3H3,(H2,39,51)(H2,40,52)(H,42,55)(H,43,56)(H,44,53)(H,45,54)(H,46,57)(H,47,60)(H,48,58)(H,49,59)(H,61,62). The number of rotatable bonds is 30. The van der Waals surface area contributed by atoms with Gasteiger partial charge in [-0.05, 0) is 70.9 Å². The highest BCUT2D eigenvalue weighted by Gasteiger charge is 2.35. The van der Waals surface area contributed by atoms with Crippen LogP contribution in [0, 0.1) is 5.92 Å². The molecule has 1 fully saturated rings. The number of carboxylic acids is 1. The number of nitrogens with one attached hydrogen (secondary N) is 9. The lowest BCUT2D eigenvalue weighted by Gasteiger charge is -2.28. The highest BCUT2D eigenvalue weighted by atomic mass is 32.1. The first-order valence-electron chi connectivity index (χ1n) is 20.5. The number of nitrogens with two attached hydrogens (primary N) is 3. The molecule has 1 aliphatic rings. The van der Waals surface area contributed by atoms with E-state index in [1.807, 2.05) is 0 Å². The van der Waals surface area contributed by atoms with Crippen LogP contribution in [0.4, 0.5) is 0 Å². The van der Waals surface area contributed by atoms with Gasteiger partial charge in [0.15, 0.2) is 0 Å². The number of hydrogen-bond acceptors (Lipinski definition) is 15. The molecule has 0 aliphatic carbocycles. The summed E-state index contributed by atoms with van der Waals surface area (Å²) < 4.78 is 0. The highest BCUT2D eigenvalue weighted by molar-refractivity contribution is 7.80. The van der Waals surface area contributed by atoms with Crippen LogP contribution in [0.5, 0.6) is 0 Å². The van der Waals surface area contributed by atoms with E-state index in [9.17, 15) is 63.0 Å². The van der Waals surface area contributed by atoms with E-state index >= 15 is 0 Å². The van der Waals surface area contributed by atoms with E-state index in [1.54, 1.807) is 13.8 Å². The predicted octanol–water partition coefficient (Wildman–Crippen LogP) is -6.41. The molecule has 0 aromatic carbocycles. The molecule has 0 spiro atoms. The average Bonchev–Trinajstić information content (AvgIpc) is 3.76. The van der Waals surface area contributed by atoms with E-state index in [4.69, 9.17) is 17.2 Å². The summed E-state index contributed by atoms with van der Waals surface area (Å²) in [6.07, 6.45) is -0.488. The van der Waals surface area contributed by atoms with Crippen molar-refractivity contribution in [2.24, 2.45) is 23.1 Å². The molecule has 1 saturated heterocycles. The van der Waals surface area contributed by atoms with Crippen LogP contribution in [0.15, 0.2) is 0 Å². The largest absolute Gasteiger partial charge is 0.480 e. The predicted molar refractivity (Wildman–Crippen MR) is 226 cm³/mol. The minimum atomic E-state index is -1.62. The van der Waals surface area contributed by atoms with E-state index in [0.29, 0.717) is 25.8 Å². The molecule has 0 radical (unpaired) electrons. The number of unbranched alkanes of at least 4 members (excludes halogenated alkanes) is 1. The molecule has 0 saturated carbocycles. The van der Waals surface area contributed by atoms with Crippen LogP contribution in [0.1, 0.15) is 78.6 Å². The van der Waals surface area contributed by atoms with Crippen LogP contribution in [-0.2, 0) is 52.7 Å². The normalized spacial score (nSPS) is 16.7. The van der Waals surface area contributed by atoms with Crippen LogP contribution in [-0.4, -0.2) is 156 Å². The first-order chi connectivity index (χ1) is 29.6. The number of thiol groups is 1. The summed E-state index contributed by atoms with van der Waals surface area (Å²) >= 11 is 3.88. The summed E-state index contributed by atoms with van der Waals surface area (Å²) in [5.74, 6) is -10.6. The molecular weight excluding hydrogens is 853 g/mol. The maximum atomic E-state index is 13.6. The third kappa shape index (κ3) is 21.4. The fourth-order valence-electron chi connectivity index (χ4n) is 6.01. The maximum absolute atomic E-state index is 13.6. The van der Waals surface area contributed by atoms with Crippen molar-refractivity contribution in [1.82, 2.24) is 47.9 Å². The summed E-state index contributed by atoms with van der Waals surface area (Å²) in [4.78, 5) is 139. The molecule has 8 unspecified atom stereocenters. The Bertz CT molecular complexity index is 1630. The Balaban J connectivity index is 3.01. The van der Waals surface area contributed by atoms with E-state index in [-0.39, 0.29) is 44.4 Å². The van der Waals surface area contributed by atoms with Gasteiger partial charge in [0.25, 0.3) is 0 Å². The van der Waals surface area contributed by atoms with Gasteiger partial charge in [-0.25, -0.2) is 4.79 Å². The Labute approximate surface area is 369 Å². The monoisotopic (exact) mass is 916 g/mol. The second-order valence-corrected chi connectivity index (χ2v) is 15.6. The Morgan fingerprint density at radius 2 is 1.14 bits per heavy atom. The molecular formula is C37H64N12O13S. The van der Waals surface area contributed by atoms with Crippen LogP contribution in [0.2, 0.25) is 0 Å². The van der Waals surface area contributed by atoms with Crippen molar-refractivity contribution in [3.63, 3.8) is 0 Å². The number of carboxylic acid groups (broad SMARTS) is 1. The molecule has 1 rings (SSSR count). The van der Waals surface area contributed by atoms with Gasteiger partial charge in [0.2, 0.25) is 59.1 Å². The molecule has 17 N–H and O–H groups in total. The first kappa shape index (κ1) is 55.4. The van der Waals surface area contributed by atoms with Gasteiger partial charge in [-0.15, -0.1) is 0 Å². The van der Waals surface area contributed by atoms with Gasteiger partial charge in [0.1, 0.15) is 36.3 Å². The second-order valence-electron chi connectivity index (χ2n) is 15.2. The van der Waals surface area contributed by atoms with Crippen molar-refractivity contribution in [2.75, 3.05) is 31.9 Å². The molecule has 356 valence electrons. The van der Waals surface area contributed by atoms with E-state index in [2.05, 4.69) is 60.5 Å². The molecule has 25 nitrogen and oxygen atoms in total. The lowest BCUT2D eigenvalue weighted by molar-refractivity contribution is -0.142. The molecule has 63 heavy (non-hydrogen) atoms. The summed E-state index contributed by atoms with van der Waals surface area (Å²) in [5.41, 5.74) is 16.1. The van der Waals surface area contributed by atoms with Crippen molar-refractivity contribution in [3.05, 3.63) is 0 Å². The Hall–Kier alpha value is -5.60. The van der Waals surface area contributed by atoms with Crippen LogP contribution < -0.4 is 65.1 Å². The summed E-state index contributed by atoms with van der Waals surface area (Å²) in [6, 6.07) is -8.86. The van der Waals surface area contributed by atoms with E-state index in [0.717, 1.165) is 6.42 Å². The lowest BCUT2D eigenvalue weighted by atomic mass is 10.0.